The van der Waals surface area contributed by atoms with E-state index in [4.69, 9.17) is 11.6 Å². The van der Waals surface area contributed by atoms with Crippen LogP contribution in [0.5, 0.6) is 0 Å². The average molecular weight is 317 g/mol. The van der Waals surface area contributed by atoms with Crippen LogP contribution in [0.15, 0.2) is 18.2 Å². The summed E-state index contributed by atoms with van der Waals surface area (Å²) in [6, 6.07) is 5.38. The minimum Gasteiger partial charge on any atom is -0.351 e. The molecule has 0 heterocycles. The zero-order chi connectivity index (χ0) is 12.4. The Morgan fingerprint density at radius 3 is 2.88 bits per heavy atom. The van der Waals surface area contributed by atoms with Crippen molar-refractivity contribution in [3.8, 4) is 0 Å². The van der Waals surface area contributed by atoms with Gasteiger partial charge in [0.2, 0.25) is 0 Å². The average Bonchev–Trinajstić information content (AvgIpc) is 3.13. The van der Waals surface area contributed by atoms with E-state index in [0.29, 0.717) is 22.0 Å². The van der Waals surface area contributed by atoms with Gasteiger partial charge in [0.1, 0.15) is 0 Å². The first-order valence-corrected chi connectivity index (χ1v) is 7.05. The Hall–Kier alpha value is -0.540. The molecule has 0 aromatic heterocycles. The molecule has 1 unspecified atom stereocenters. The van der Waals surface area contributed by atoms with Crippen molar-refractivity contribution < 1.29 is 4.79 Å². The molecule has 0 spiro atoms. The topological polar surface area (TPSA) is 29.1 Å². The Kier molecular flexibility index (Phi) is 4.10. The van der Waals surface area contributed by atoms with E-state index in [9.17, 15) is 4.79 Å². The lowest BCUT2D eigenvalue weighted by atomic mass is 10.1. The van der Waals surface area contributed by atoms with Crippen molar-refractivity contribution >= 4 is 33.4 Å². The fourth-order valence-corrected chi connectivity index (χ4v) is 2.52. The van der Waals surface area contributed by atoms with Gasteiger partial charge in [-0.3, -0.25) is 4.79 Å². The summed E-state index contributed by atoms with van der Waals surface area (Å²) >= 11 is 9.58. The summed E-state index contributed by atoms with van der Waals surface area (Å²) in [4.78, 5) is 12.3. The Morgan fingerprint density at radius 2 is 2.29 bits per heavy atom. The van der Waals surface area contributed by atoms with Crippen LogP contribution in [-0.2, 0) is 0 Å². The van der Waals surface area contributed by atoms with Crippen LogP contribution in [0.2, 0.25) is 5.02 Å². The van der Waals surface area contributed by atoms with Gasteiger partial charge >= 0.3 is 0 Å². The summed E-state index contributed by atoms with van der Waals surface area (Å²) in [5.74, 6) is 0.675. The van der Waals surface area contributed by atoms with Gasteiger partial charge in [-0.05, 0) is 43.4 Å². The maximum absolute atomic E-state index is 11.9. The fraction of sp³-hybridized carbons (Fsp3) is 0.462. The number of halogens is 2. The second-order valence-corrected chi connectivity index (χ2v) is 6.11. The Bertz CT molecular complexity index is 431. The molecule has 2 rings (SSSR count). The molecule has 17 heavy (non-hydrogen) atoms. The molecule has 2 nitrogen and oxygen atoms in total. The maximum atomic E-state index is 11.9. The van der Waals surface area contributed by atoms with Gasteiger partial charge in [0.15, 0.2) is 0 Å². The number of amides is 1. The predicted octanol–water partition coefficient (Wildman–Crippen LogP) is 3.55. The van der Waals surface area contributed by atoms with Crippen molar-refractivity contribution in [2.75, 3.05) is 6.54 Å². The van der Waals surface area contributed by atoms with E-state index in [2.05, 4.69) is 21.2 Å². The summed E-state index contributed by atoms with van der Waals surface area (Å²) in [6.45, 7) is 2.60. The van der Waals surface area contributed by atoms with Crippen LogP contribution in [-0.4, -0.2) is 17.3 Å². The molecule has 1 fully saturated rings. The van der Waals surface area contributed by atoms with E-state index >= 15 is 0 Å². The van der Waals surface area contributed by atoms with Gasteiger partial charge in [0, 0.05) is 22.0 Å². The van der Waals surface area contributed by atoms with Crippen LogP contribution in [0.4, 0.5) is 0 Å². The van der Waals surface area contributed by atoms with E-state index in [1.54, 1.807) is 12.1 Å². The highest BCUT2D eigenvalue weighted by Crippen LogP contribution is 2.36. The molecular weight excluding hydrogens is 302 g/mol. The molecule has 0 radical (unpaired) electrons. The zero-order valence-corrected chi connectivity index (χ0v) is 12.0. The first-order chi connectivity index (χ1) is 8.08. The monoisotopic (exact) mass is 315 g/mol. The summed E-state index contributed by atoms with van der Waals surface area (Å²) in [6.07, 6.45) is 2.53. The lowest BCUT2D eigenvalue weighted by Gasteiger charge is -2.10. The van der Waals surface area contributed by atoms with E-state index in [1.165, 1.54) is 12.8 Å². The molecule has 0 saturated heterocycles. The number of benzene rings is 1. The maximum Gasteiger partial charge on any atom is 0.251 e. The number of alkyl halides is 1. The molecule has 1 saturated carbocycles. The SMILES string of the molecule is Cc1ccc(C(=O)NCC(Br)C2CC2)cc1Cl. The van der Waals surface area contributed by atoms with Crippen molar-refractivity contribution in [3.05, 3.63) is 34.3 Å². The van der Waals surface area contributed by atoms with Gasteiger partial charge < -0.3 is 5.32 Å². The van der Waals surface area contributed by atoms with Crippen molar-refractivity contribution in [2.45, 2.75) is 24.6 Å². The highest BCUT2D eigenvalue weighted by Gasteiger charge is 2.29. The van der Waals surface area contributed by atoms with Gasteiger partial charge in [-0.1, -0.05) is 33.6 Å². The quantitative estimate of drug-likeness (QED) is 0.846. The Labute approximate surface area is 115 Å². The second-order valence-electron chi connectivity index (χ2n) is 4.53. The summed E-state index contributed by atoms with van der Waals surface area (Å²) in [7, 11) is 0. The third-order valence-electron chi connectivity index (χ3n) is 3.03. The van der Waals surface area contributed by atoms with Gasteiger partial charge in [0.25, 0.3) is 5.91 Å². The molecule has 0 aliphatic heterocycles. The van der Waals surface area contributed by atoms with Crippen molar-refractivity contribution in [1.82, 2.24) is 5.32 Å². The number of aryl methyl sites for hydroxylation is 1. The Morgan fingerprint density at radius 1 is 1.59 bits per heavy atom. The van der Waals surface area contributed by atoms with Crippen LogP contribution in [0, 0.1) is 12.8 Å². The number of rotatable bonds is 4. The molecule has 1 aliphatic rings. The summed E-state index contributed by atoms with van der Waals surface area (Å²) < 4.78 is 0. The van der Waals surface area contributed by atoms with E-state index < -0.39 is 0 Å². The second kappa shape index (κ2) is 5.40. The predicted molar refractivity (Wildman–Crippen MR) is 74.0 cm³/mol. The third-order valence-corrected chi connectivity index (χ3v) is 4.50. The molecule has 4 heteroatoms. The molecule has 1 atom stereocenters. The Balaban J connectivity index is 1.92. The number of carbonyl (C=O) groups excluding carboxylic acids is 1. The molecule has 0 bridgehead atoms. The molecule has 1 aliphatic carbocycles. The van der Waals surface area contributed by atoms with Crippen LogP contribution in [0.3, 0.4) is 0 Å². The first-order valence-electron chi connectivity index (χ1n) is 5.76. The number of nitrogens with one attached hydrogen (secondary N) is 1. The molecule has 1 aromatic carbocycles. The van der Waals surface area contributed by atoms with Gasteiger partial charge in [0.05, 0.1) is 0 Å². The largest absolute Gasteiger partial charge is 0.351 e. The molecule has 1 N–H and O–H groups in total. The number of hydrogen-bond acceptors (Lipinski definition) is 1. The summed E-state index contributed by atoms with van der Waals surface area (Å²) in [5.41, 5.74) is 1.61. The normalized spacial score (nSPS) is 16.6. The van der Waals surface area contributed by atoms with Gasteiger partial charge in [-0.15, -0.1) is 0 Å². The lowest BCUT2D eigenvalue weighted by Crippen LogP contribution is -2.30. The third kappa shape index (κ3) is 3.46. The van der Waals surface area contributed by atoms with E-state index in [0.717, 1.165) is 11.5 Å². The van der Waals surface area contributed by atoms with Gasteiger partial charge in [-0.2, -0.15) is 0 Å². The van der Waals surface area contributed by atoms with Crippen LogP contribution >= 0.6 is 27.5 Å². The number of hydrogen-bond donors (Lipinski definition) is 1. The highest BCUT2D eigenvalue weighted by molar-refractivity contribution is 9.09. The minimum absolute atomic E-state index is 0.0583. The van der Waals surface area contributed by atoms with E-state index in [-0.39, 0.29) is 5.91 Å². The molecule has 1 aromatic rings. The highest BCUT2D eigenvalue weighted by atomic mass is 79.9. The van der Waals surface area contributed by atoms with E-state index in [1.807, 2.05) is 13.0 Å². The van der Waals surface area contributed by atoms with Crippen LogP contribution in [0.25, 0.3) is 0 Å². The first kappa shape index (κ1) is 12.9. The van der Waals surface area contributed by atoms with Crippen LogP contribution in [0.1, 0.15) is 28.8 Å². The smallest absolute Gasteiger partial charge is 0.251 e. The molecule has 1 amide bonds. The zero-order valence-electron chi connectivity index (χ0n) is 9.67. The van der Waals surface area contributed by atoms with Crippen LogP contribution < -0.4 is 5.32 Å². The molecular formula is C13H15BrClNO. The lowest BCUT2D eigenvalue weighted by molar-refractivity contribution is 0.0953. The molecule has 92 valence electrons. The fourth-order valence-electron chi connectivity index (χ4n) is 1.65. The number of carbonyl (C=O) groups is 1. The minimum atomic E-state index is -0.0583. The summed E-state index contributed by atoms with van der Waals surface area (Å²) in [5, 5.41) is 3.56. The van der Waals surface area contributed by atoms with Crippen molar-refractivity contribution in [3.63, 3.8) is 0 Å². The van der Waals surface area contributed by atoms with Crippen molar-refractivity contribution in [2.24, 2.45) is 5.92 Å². The standard InChI is InChI=1S/C13H15BrClNO/c1-8-2-3-10(6-12(8)15)13(17)16-7-11(14)9-4-5-9/h2-3,6,9,11H,4-5,7H2,1H3,(H,16,17). The van der Waals surface area contributed by atoms with Gasteiger partial charge in [-0.25, -0.2) is 0 Å². The van der Waals surface area contributed by atoms with Crippen molar-refractivity contribution in [1.29, 1.82) is 0 Å².